The Labute approximate surface area is 90.8 Å². The number of alkyl halides is 3. The number of hydrogen-bond acceptors (Lipinski definition) is 1. The summed E-state index contributed by atoms with van der Waals surface area (Å²) in [7, 11) is 0. The van der Waals surface area contributed by atoms with Crippen LogP contribution < -0.4 is 5.32 Å². The van der Waals surface area contributed by atoms with Crippen molar-refractivity contribution in [3.05, 3.63) is 48.6 Å². The lowest BCUT2D eigenvalue weighted by Crippen LogP contribution is -2.37. The molecule has 0 saturated heterocycles. The molecule has 1 aromatic rings. The van der Waals surface area contributed by atoms with Gasteiger partial charge in [0, 0.05) is 0 Å². The van der Waals surface area contributed by atoms with Gasteiger partial charge in [0.25, 0.3) is 0 Å². The van der Waals surface area contributed by atoms with E-state index >= 15 is 0 Å². The Balaban J connectivity index is 2.97. The molecule has 0 fully saturated rings. The minimum absolute atomic E-state index is 0.00907. The van der Waals surface area contributed by atoms with E-state index in [1.807, 2.05) is 5.32 Å². The van der Waals surface area contributed by atoms with Crippen LogP contribution in [0.3, 0.4) is 0 Å². The molecule has 0 aliphatic carbocycles. The first kappa shape index (κ1) is 12.3. The summed E-state index contributed by atoms with van der Waals surface area (Å²) < 4.78 is 38.0. The van der Waals surface area contributed by atoms with Crippen molar-refractivity contribution in [2.24, 2.45) is 0 Å². The second-order valence-electron chi connectivity index (χ2n) is 3.10. The van der Waals surface area contributed by atoms with Gasteiger partial charge >= 0.3 is 6.18 Å². The Kier molecular flexibility index (Phi) is 3.71. The van der Waals surface area contributed by atoms with Crippen molar-refractivity contribution >= 4 is 5.91 Å². The van der Waals surface area contributed by atoms with E-state index in [4.69, 9.17) is 0 Å². The summed E-state index contributed by atoms with van der Waals surface area (Å²) in [6, 6.07) is 5.18. The smallest absolute Gasteiger partial charge is 0.337 e. The molecule has 5 heteroatoms. The fourth-order valence-electron chi connectivity index (χ4n) is 1.20. The second-order valence-corrected chi connectivity index (χ2v) is 3.10. The molecule has 0 spiro atoms. The number of halogens is 3. The molecule has 0 aromatic heterocycles. The molecule has 1 rings (SSSR count). The lowest BCUT2D eigenvalue weighted by atomic mass is 10.1. The molecule has 1 N–H and O–H groups in total. The number of carbonyl (C=O) groups excluding carboxylic acids is 1. The van der Waals surface area contributed by atoms with E-state index in [1.165, 1.54) is 24.3 Å². The van der Waals surface area contributed by atoms with Gasteiger partial charge in [-0.1, -0.05) is 36.9 Å². The maximum absolute atomic E-state index is 12.7. The maximum atomic E-state index is 12.7. The summed E-state index contributed by atoms with van der Waals surface area (Å²) in [6.07, 6.45) is -3.72. The van der Waals surface area contributed by atoms with E-state index in [0.29, 0.717) is 0 Å². The first-order chi connectivity index (χ1) is 7.45. The monoisotopic (exact) mass is 229 g/mol. The van der Waals surface area contributed by atoms with E-state index in [9.17, 15) is 18.0 Å². The molecule has 1 aromatic carbocycles. The number of benzene rings is 1. The highest BCUT2D eigenvalue weighted by Gasteiger charge is 2.41. The Morgan fingerprint density at radius 3 is 2.31 bits per heavy atom. The van der Waals surface area contributed by atoms with Crippen LogP contribution in [-0.4, -0.2) is 12.1 Å². The van der Waals surface area contributed by atoms with Gasteiger partial charge in [0.05, 0.1) is 0 Å². The zero-order valence-corrected chi connectivity index (χ0v) is 8.29. The van der Waals surface area contributed by atoms with Gasteiger partial charge in [-0.3, -0.25) is 4.79 Å². The first-order valence-corrected chi connectivity index (χ1v) is 4.49. The van der Waals surface area contributed by atoms with Gasteiger partial charge in [0.1, 0.15) is 0 Å². The van der Waals surface area contributed by atoms with Crippen molar-refractivity contribution in [3.63, 3.8) is 0 Å². The van der Waals surface area contributed by atoms with Crippen molar-refractivity contribution < 1.29 is 18.0 Å². The van der Waals surface area contributed by atoms with Crippen LogP contribution in [0.1, 0.15) is 11.6 Å². The molecule has 16 heavy (non-hydrogen) atoms. The predicted octanol–water partition coefficient (Wildman–Crippen LogP) is 2.59. The van der Waals surface area contributed by atoms with Crippen molar-refractivity contribution in [1.29, 1.82) is 0 Å². The minimum atomic E-state index is -4.53. The molecule has 0 saturated carbocycles. The Morgan fingerprint density at radius 1 is 1.31 bits per heavy atom. The molecule has 1 atom stereocenters. The van der Waals surface area contributed by atoms with Crippen LogP contribution in [-0.2, 0) is 4.79 Å². The van der Waals surface area contributed by atoms with E-state index in [1.54, 1.807) is 6.07 Å². The SMILES string of the molecule is C=CC(=O)NC(c1ccccc1)C(F)(F)F. The largest absolute Gasteiger partial charge is 0.412 e. The fourth-order valence-corrected chi connectivity index (χ4v) is 1.20. The normalized spacial score (nSPS) is 12.9. The highest BCUT2D eigenvalue weighted by atomic mass is 19.4. The van der Waals surface area contributed by atoms with E-state index in [2.05, 4.69) is 6.58 Å². The van der Waals surface area contributed by atoms with Gasteiger partial charge in [0.2, 0.25) is 5.91 Å². The van der Waals surface area contributed by atoms with Gasteiger partial charge in [-0.15, -0.1) is 0 Å². The molecule has 1 amide bonds. The molecule has 0 aliphatic heterocycles. The average Bonchev–Trinajstić information content (AvgIpc) is 2.25. The lowest BCUT2D eigenvalue weighted by molar-refractivity contribution is -0.162. The zero-order chi connectivity index (χ0) is 12.2. The van der Waals surface area contributed by atoms with Crippen LogP contribution in [0.2, 0.25) is 0 Å². The van der Waals surface area contributed by atoms with Crippen LogP contribution in [0.5, 0.6) is 0 Å². The summed E-state index contributed by atoms with van der Waals surface area (Å²) in [5, 5.41) is 1.84. The number of hydrogen-bond donors (Lipinski definition) is 1. The van der Waals surface area contributed by atoms with Gasteiger partial charge in [0.15, 0.2) is 6.04 Å². The Bertz CT molecular complexity index is 373. The van der Waals surface area contributed by atoms with Crippen molar-refractivity contribution in [3.8, 4) is 0 Å². The number of amides is 1. The third-order valence-electron chi connectivity index (χ3n) is 1.93. The highest BCUT2D eigenvalue weighted by molar-refractivity contribution is 5.87. The van der Waals surface area contributed by atoms with E-state index in [0.717, 1.165) is 6.08 Å². The average molecular weight is 229 g/mol. The van der Waals surface area contributed by atoms with Gasteiger partial charge < -0.3 is 5.32 Å². The third kappa shape index (κ3) is 3.12. The maximum Gasteiger partial charge on any atom is 0.412 e. The molecule has 1 unspecified atom stereocenters. The van der Waals surface area contributed by atoms with Crippen molar-refractivity contribution in [1.82, 2.24) is 5.32 Å². The first-order valence-electron chi connectivity index (χ1n) is 4.49. The quantitative estimate of drug-likeness (QED) is 0.793. The highest BCUT2D eigenvalue weighted by Crippen LogP contribution is 2.32. The molecule has 2 nitrogen and oxygen atoms in total. The summed E-state index contributed by atoms with van der Waals surface area (Å²) in [6.45, 7) is 3.11. The number of rotatable bonds is 3. The summed E-state index contributed by atoms with van der Waals surface area (Å²) in [5.74, 6) is -0.855. The lowest BCUT2D eigenvalue weighted by Gasteiger charge is -2.21. The van der Waals surface area contributed by atoms with E-state index in [-0.39, 0.29) is 5.56 Å². The number of nitrogens with one attached hydrogen (secondary N) is 1. The standard InChI is InChI=1S/C11H10F3NO/c1-2-9(16)15-10(11(12,13)14)8-6-4-3-5-7-8/h2-7,10H,1H2,(H,15,16). The third-order valence-corrected chi connectivity index (χ3v) is 1.93. The summed E-state index contributed by atoms with van der Waals surface area (Å²) in [5.41, 5.74) is -0.00907. The van der Waals surface area contributed by atoms with Crippen LogP contribution in [0.15, 0.2) is 43.0 Å². The molecule has 0 aliphatic rings. The fraction of sp³-hybridized carbons (Fsp3) is 0.182. The summed E-state index contributed by atoms with van der Waals surface area (Å²) in [4.78, 5) is 10.9. The zero-order valence-electron chi connectivity index (χ0n) is 8.29. The van der Waals surface area contributed by atoms with E-state index < -0.39 is 18.1 Å². The Hall–Kier alpha value is -1.78. The van der Waals surface area contributed by atoms with Crippen LogP contribution in [0.25, 0.3) is 0 Å². The minimum Gasteiger partial charge on any atom is -0.337 e. The van der Waals surface area contributed by atoms with Gasteiger partial charge in [-0.2, -0.15) is 13.2 Å². The van der Waals surface area contributed by atoms with Gasteiger partial charge in [-0.25, -0.2) is 0 Å². The molecule has 86 valence electrons. The topological polar surface area (TPSA) is 29.1 Å². The predicted molar refractivity (Wildman–Crippen MR) is 53.6 cm³/mol. The van der Waals surface area contributed by atoms with Gasteiger partial charge in [-0.05, 0) is 11.6 Å². The van der Waals surface area contributed by atoms with Crippen molar-refractivity contribution in [2.75, 3.05) is 0 Å². The number of carbonyl (C=O) groups is 1. The molecule has 0 bridgehead atoms. The molecule has 0 radical (unpaired) electrons. The van der Waals surface area contributed by atoms with Crippen LogP contribution in [0.4, 0.5) is 13.2 Å². The Morgan fingerprint density at radius 2 is 1.88 bits per heavy atom. The van der Waals surface area contributed by atoms with Crippen LogP contribution >= 0.6 is 0 Å². The second kappa shape index (κ2) is 4.83. The molecule has 0 heterocycles. The van der Waals surface area contributed by atoms with Crippen LogP contribution in [0, 0.1) is 0 Å². The molecular formula is C11H10F3NO. The summed E-state index contributed by atoms with van der Waals surface area (Å²) >= 11 is 0. The van der Waals surface area contributed by atoms with Crippen molar-refractivity contribution in [2.45, 2.75) is 12.2 Å². The molecular weight excluding hydrogens is 219 g/mol.